The standard InChI is InChI=1S/C15H20ClN3O2S/c1-4-7-19(8-6-12(20)21-5-2)13-11-9-10(3)22-14(11)18-15(16)17-13/h9H,4-8H2,1-3H3. The molecule has 0 saturated heterocycles. The van der Waals surface area contributed by atoms with Crippen LogP contribution in [-0.4, -0.2) is 35.6 Å². The summed E-state index contributed by atoms with van der Waals surface area (Å²) in [5.74, 6) is 0.604. The molecule has 0 aliphatic heterocycles. The van der Waals surface area contributed by atoms with E-state index in [9.17, 15) is 4.79 Å². The minimum atomic E-state index is -0.193. The van der Waals surface area contributed by atoms with Crippen molar-refractivity contribution in [2.75, 3.05) is 24.6 Å². The number of nitrogens with zero attached hydrogens (tertiary/aromatic N) is 3. The highest BCUT2D eigenvalue weighted by atomic mass is 35.5. The first kappa shape index (κ1) is 17.0. The van der Waals surface area contributed by atoms with Crippen LogP contribution in [0.4, 0.5) is 5.82 Å². The summed E-state index contributed by atoms with van der Waals surface area (Å²) in [6.45, 7) is 7.70. The number of fused-ring (bicyclic) bond motifs is 1. The minimum absolute atomic E-state index is 0.193. The van der Waals surface area contributed by atoms with Crippen molar-refractivity contribution in [1.29, 1.82) is 0 Å². The van der Waals surface area contributed by atoms with E-state index in [-0.39, 0.29) is 11.3 Å². The molecule has 0 atom stereocenters. The molecule has 0 saturated carbocycles. The van der Waals surface area contributed by atoms with Gasteiger partial charge < -0.3 is 9.64 Å². The summed E-state index contributed by atoms with van der Waals surface area (Å²) in [5, 5.41) is 1.23. The molecule has 0 N–H and O–H groups in total. The maximum absolute atomic E-state index is 11.6. The minimum Gasteiger partial charge on any atom is -0.466 e. The highest BCUT2D eigenvalue weighted by Crippen LogP contribution is 2.31. The van der Waals surface area contributed by atoms with Crippen molar-refractivity contribution in [2.24, 2.45) is 0 Å². The van der Waals surface area contributed by atoms with Crippen LogP contribution < -0.4 is 4.90 Å². The normalized spacial score (nSPS) is 10.9. The number of anilines is 1. The molecule has 0 unspecified atom stereocenters. The summed E-state index contributed by atoms with van der Waals surface area (Å²) in [4.78, 5) is 24.4. The fraction of sp³-hybridized carbons (Fsp3) is 0.533. The lowest BCUT2D eigenvalue weighted by atomic mass is 10.3. The second kappa shape index (κ2) is 7.74. The summed E-state index contributed by atoms with van der Waals surface area (Å²) in [5.41, 5.74) is 0. The van der Waals surface area contributed by atoms with E-state index in [0.29, 0.717) is 19.6 Å². The zero-order chi connectivity index (χ0) is 16.1. The summed E-state index contributed by atoms with van der Waals surface area (Å²) in [7, 11) is 0. The monoisotopic (exact) mass is 341 g/mol. The van der Waals surface area contributed by atoms with Crippen LogP contribution in [0.2, 0.25) is 5.28 Å². The Hall–Kier alpha value is -1.40. The Morgan fingerprint density at radius 2 is 2.14 bits per heavy atom. The van der Waals surface area contributed by atoms with Crippen LogP contribution in [0, 0.1) is 6.92 Å². The van der Waals surface area contributed by atoms with Gasteiger partial charge >= 0.3 is 5.97 Å². The molecular weight excluding hydrogens is 322 g/mol. The van der Waals surface area contributed by atoms with Crippen LogP contribution in [0.25, 0.3) is 10.2 Å². The second-order valence-electron chi connectivity index (χ2n) is 4.93. The number of rotatable bonds is 7. The van der Waals surface area contributed by atoms with Crippen molar-refractivity contribution in [3.8, 4) is 0 Å². The first-order valence-electron chi connectivity index (χ1n) is 7.39. The topological polar surface area (TPSA) is 55.3 Å². The van der Waals surface area contributed by atoms with Crippen molar-refractivity contribution in [3.63, 3.8) is 0 Å². The van der Waals surface area contributed by atoms with Crippen LogP contribution in [-0.2, 0) is 9.53 Å². The van der Waals surface area contributed by atoms with Gasteiger partial charge in [-0.2, -0.15) is 4.98 Å². The Bertz CT molecular complexity index is 660. The molecular formula is C15H20ClN3O2S. The maximum Gasteiger partial charge on any atom is 0.307 e. The van der Waals surface area contributed by atoms with Crippen LogP contribution in [0.3, 0.4) is 0 Å². The fourth-order valence-electron chi connectivity index (χ4n) is 2.30. The number of hydrogen-bond donors (Lipinski definition) is 0. The Balaban J connectivity index is 2.29. The van der Waals surface area contributed by atoms with E-state index in [1.165, 1.54) is 0 Å². The van der Waals surface area contributed by atoms with Gasteiger partial charge in [-0.25, -0.2) is 4.98 Å². The molecule has 2 rings (SSSR count). The molecule has 0 fully saturated rings. The zero-order valence-electron chi connectivity index (χ0n) is 13.1. The number of hydrogen-bond acceptors (Lipinski definition) is 6. The van der Waals surface area contributed by atoms with Crippen molar-refractivity contribution in [3.05, 3.63) is 16.2 Å². The first-order valence-corrected chi connectivity index (χ1v) is 8.58. The predicted octanol–water partition coefficient (Wildman–Crippen LogP) is 3.82. The third-order valence-corrected chi connectivity index (χ3v) is 4.27. The number of carbonyl (C=O) groups excluding carboxylic acids is 1. The average Bonchev–Trinajstić information content (AvgIpc) is 2.83. The van der Waals surface area contributed by atoms with E-state index in [1.54, 1.807) is 11.3 Å². The third kappa shape index (κ3) is 4.08. The quantitative estimate of drug-likeness (QED) is 0.566. The van der Waals surface area contributed by atoms with E-state index in [1.807, 2.05) is 13.8 Å². The van der Waals surface area contributed by atoms with Gasteiger partial charge in [-0.05, 0) is 37.9 Å². The maximum atomic E-state index is 11.6. The van der Waals surface area contributed by atoms with Crippen molar-refractivity contribution >= 4 is 44.9 Å². The molecule has 2 aromatic heterocycles. The van der Waals surface area contributed by atoms with Gasteiger partial charge in [0.2, 0.25) is 5.28 Å². The van der Waals surface area contributed by atoms with Crippen molar-refractivity contribution < 1.29 is 9.53 Å². The summed E-state index contributed by atoms with van der Waals surface area (Å²) >= 11 is 7.65. The molecule has 5 nitrogen and oxygen atoms in total. The Morgan fingerprint density at radius 3 is 2.82 bits per heavy atom. The average molecular weight is 342 g/mol. The van der Waals surface area contributed by atoms with Crippen LogP contribution >= 0.6 is 22.9 Å². The Kier molecular flexibility index (Phi) is 5.97. The molecule has 2 aromatic rings. The smallest absolute Gasteiger partial charge is 0.307 e. The molecule has 0 radical (unpaired) electrons. The molecule has 0 amide bonds. The molecule has 2 heterocycles. The van der Waals surface area contributed by atoms with E-state index in [0.717, 1.165) is 33.9 Å². The number of aromatic nitrogens is 2. The van der Waals surface area contributed by atoms with Crippen LogP contribution in [0.5, 0.6) is 0 Å². The number of carbonyl (C=O) groups is 1. The largest absolute Gasteiger partial charge is 0.466 e. The van der Waals surface area contributed by atoms with E-state index in [4.69, 9.17) is 16.3 Å². The summed E-state index contributed by atoms with van der Waals surface area (Å²) < 4.78 is 5.00. The van der Waals surface area contributed by atoms with Gasteiger partial charge in [0.1, 0.15) is 10.6 Å². The van der Waals surface area contributed by atoms with Gasteiger partial charge in [-0.1, -0.05) is 6.92 Å². The lowest BCUT2D eigenvalue weighted by Gasteiger charge is -2.23. The molecule has 120 valence electrons. The van der Waals surface area contributed by atoms with Crippen LogP contribution in [0.1, 0.15) is 31.6 Å². The molecule has 0 aliphatic rings. The molecule has 7 heteroatoms. The summed E-state index contributed by atoms with van der Waals surface area (Å²) in [6.07, 6.45) is 1.29. The highest BCUT2D eigenvalue weighted by molar-refractivity contribution is 7.18. The molecule has 0 spiro atoms. The van der Waals surface area contributed by atoms with Gasteiger partial charge in [0.25, 0.3) is 0 Å². The zero-order valence-corrected chi connectivity index (χ0v) is 14.6. The van der Waals surface area contributed by atoms with Gasteiger partial charge in [-0.15, -0.1) is 11.3 Å². The lowest BCUT2D eigenvalue weighted by Crippen LogP contribution is -2.28. The van der Waals surface area contributed by atoms with Gasteiger partial charge in [-0.3, -0.25) is 4.79 Å². The fourth-order valence-corrected chi connectivity index (χ4v) is 3.38. The highest BCUT2D eigenvalue weighted by Gasteiger charge is 2.17. The molecule has 0 bridgehead atoms. The number of esters is 1. The second-order valence-corrected chi connectivity index (χ2v) is 6.51. The number of ether oxygens (including phenoxy) is 1. The van der Waals surface area contributed by atoms with E-state index in [2.05, 4.69) is 27.9 Å². The third-order valence-electron chi connectivity index (χ3n) is 3.15. The van der Waals surface area contributed by atoms with Crippen LogP contribution in [0.15, 0.2) is 6.07 Å². The lowest BCUT2D eigenvalue weighted by molar-refractivity contribution is -0.142. The van der Waals surface area contributed by atoms with Crippen molar-refractivity contribution in [1.82, 2.24) is 9.97 Å². The van der Waals surface area contributed by atoms with E-state index >= 15 is 0 Å². The van der Waals surface area contributed by atoms with Gasteiger partial charge in [0.05, 0.1) is 18.4 Å². The van der Waals surface area contributed by atoms with Gasteiger partial charge in [0, 0.05) is 18.0 Å². The number of aryl methyl sites for hydroxylation is 1. The van der Waals surface area contributed by atoms with Gasteiger partial charge in [0.15, 0.2) is 0 Å². The number of halogens is 1. The molecule has 0 aromatic carbocycles. The molecule has 22 heavy (non-hydrogen) atoms. The van der Waals surface area contributed by atoms with Crippen molar-refractivity contribution in [2.45, 2.75) is 33.6 Å². The Morgan fingerprint density at radius 1 is 1.36 bits per heavy atom. The molecule has 0 aliphatic carbocycles. The Labute approximate surface area is 139 Å². The summed E-state index contributed by atoms with van der Waals surface area (Å²) in [6, 6.07) is 2.07. The van der Waals surface area contributed by atoms with E-state index < -0.39 is 0 Å². The SMILES string of the molecule is CCCN(CCC(=O)OCC)c1nc(Cl)nc2sc(C)cc12. The predicted molar refractivity (Wildman–Crippen MR) is 90.9 cm³/mol. The number of thiophene rings is 1. The first-order chi connectivity index (χ1) is 10.5.